The van der Waals surface area contributed by atoms with Gasteiger partial charge in [0.1, 0.15) is 29.2 Å². The number of carbonyl (C=O) groups is 3. The number of furan rings is 1. The quantitative estimate of drug-likeness (QED) is 0.571. The zero-order valence-electron chi connectivity index (χ0n) is 15.9. The molecule has 8 nitrogen and oxygen atoms in total. The number of amides is 2. The highest BCUT2D eigenvalue weighted by Gasteiger charge is 2.29. The van der Waals surface area contributed by atoms with Crippen LogP contribution in [0.3, 0.4) is 0 Å². The Bertz CT molecular complexity index is 876. The van der Waals surface area contributed by atoms with E-state index < -0.39 is 17.8 Å². The number of nitrogens with one attached hydrogen (secondary N) is 2. The first-order valence-electron chi connectivity index (χ1n) is 8.68. The van der Waals surface area contributed by atoms with Crippen LogP contribution in [0.25, 0.3) is 0 Å². The molecule has 1 unspecified atom stereocenters. The lowest BCUT2D eigenvalue weighted by Crippen LogP contribution is -3.08. The molecule has 0 fully saturated rings. The molecule has 0 radical (unpaired) electrons. The first-order valence-corrected chi connectivity index (χ1v) is 8.68. The van der Waals surface area contributed by atoms with E-state index in [2.05, 4.69) is 5.32 Å². The highest BCUT2D eigenvalue weighted by Crippen LogP contribution is 2.27. The van der Waals surface area contributed by atoms with Crippen LogP contribution in [0.2, 0.25) is 0 Å². The number of ether oxygens (including phenoxy) is 1. The van der Waals surface area contributed by atoms with E-state index in [0.717, 1.165) is 10.5 Å². The molecule has 9 heteroatoms. The Kier molecular flexibility index (Phi) is 6.89. The molecule has 150 valence electrons. The predicted molar refractivity (Wildman–Crippen MR) is 98.4 cm³/mol. The number of hydrogen-bond donors (Lipinski definition) is 3. The van der Waals surface area contributed by atoms with Crippen LogP contribution in [0, 0.1) is 12.7 Å². The summed E-state index contributed by atoms with van der Waals surface area (Å²) in [5.41, 5.74) is 5.90. The molecular formula is C19H23FN3O5+. The number of halogens is 1. The van der Waals surface area contributed by atoms with Crippen molar-refractivity contribution in [2.75, 3.05) is 25.5 Å². The SMILES string of the molecule is CCOC(=O)c1c(C)oc(NC(=O)C[NH+](C)Cc2ccc(F)cc2)c1C(N)=O. The third kappa shape index (κ3) is 5.17. The standard InChI is InChI=1S/C19H22FN3O5/c1-4-27-19(26)15-11(2)28-18(16(15)17(21)25)22-14(24)10-23(3)9-12-5-7-13(20)8-6-12/h5-8H,4,9-10H2,1-3H3,(H2,21,25)(H,22,24)/p+1. The van der Waals surface area contributed by atoms with Crippen LogP contribution >= 0.6 is 0 Å². The molecule has 2 amide bonds. The zero-order valence-corrected chi connectivity index (χ0v) is 15.9. The summed E-state index contributed by atoms with van der Waals surface area (Å²) in [7, 11) is 1.79. The maximum atomic E-state index is 13.0. The first kappa shape index (κ1) is 21.1. The van der Waals surface area contributed by atoms with E-state index >= 15 is 0 Å². The third-order valence-corrected chi connectivity index (χ3v) is 3.94. The van der Waals surface area contributed by atoms with Crippen LogP contribution in [-0.2, 0) is 16.1 Å². The molecule has 2 rings (SSSR count). The molecular weight excluding hydrogens is 369 g/mol. The molecule has 0 aliphatic rings. The van der Waals surface area contributed by atoms with Gasteiger partial charge in [-0.25, -0.2) is 9.18 Å². The van der Waals surface area contributed by atoms with Crippen molar-refractivity contribution in [1.29, 1.82) is 0 Å². The van der Waals surface area contributed by atoms with Crippen molar-refractivity contribution >= 4 is 23.7 Å². The lowest BCUT2D eigenvalue weighted by Gasteiger charge is -2.13. The van der Waals surface area contributed by atoms with Crippen LogP contribution < -0.4 is 16.0 Å². The Balaban J connectivity index is 2.10. The smallest absolute Gasteiger partial charge is 0.342 e. The van der Waals surface area contributed by atoms with Crippen molar-refractivity contribution in [3.8, 4) is 0 Å². The van der Waals surface area contributed by atoms with Crippen LogP contribution in [-0.4, -0.2) is 38.0 Å². The van der Waals surface area contributed by atoms with E-state index in [9.17, 15) is 18.8 Å². The Morgan fingerprint density at radius 1 is 1.21 bits per heavy atom. The van der Waals surface area contributed by atoms with Gasteiger partial charge in [0.05, 0.1) is 13.7 Å². The molecule has 1 atom stereocenters. The number of rotatable bonds is 8. The van der Waals surface area contributed by atoms with Crippen LogP contribution in [0.15, 0.2) is 28.7 Å². The molecule has 28 heavy (non-hydrogen) atoms. The van der Waals surface area contributed by atoms with Gasteiger partial charge in [0.2, 0.25) is 5.88 Å². The largest absolute Gasteiger partial charge is 0.462 e. The fraction of sp³-hybridized carbons (Fsp3) is 0.316. The number of nitrogens with two attached hydrogens (primary N) is 1. The fourth-order valence-electron chi connectivity index (χ4n) is 2.78. The van der Waals surface area contributed by atoms with Gasteiger partial charge in [-0.1, -0.05) is 12.1 Å². The van der Waals surface area contributed by atoms with E-state index in [1.54, 1.807) is 26.1 Å². The second-order valence-electron chi connectivity index (χ2n) is 6.31. The molecule has 0 aliphatic heterocycles. The molecule has 1 aromatic heterocycles. The number of benzene rings is 1. The van der Waals surface area contributed by atoms with Gasteiger partial charge in [-0.05, 0) is 26.0 Å². The fourth-order valence-corrected chi connectivity index (χ4v) is 2.78. The number of primary amides is 1. The van der Waals surface area contributed by atoms with E-state index in [4.69, 9.17) is 14.9 Å². The maximum absolute atomic E-state index is 13.0. The van der Waals surface area contributed by atoms with E-state index in [1.165, 1.54) is 19.1 Å². The Morgan fingerprint density at radius 3 is 2.43 bits per heavy atom. The maximum Gasteiger partial charge on any atom is 0.342 e. The number of carbonyl (C=O) groups excluding carboxylic acids is 3. The van der Waals surface area contributed by atoms with Gasteiger partial charge in [0.15, 0.2) is 6.54 Å². The van der Waals surface area contributed by atoms with E-state index in [-0.39, 0.29) is 41.7 Å². The molecule has 1 aromatic carbocycles. The average molecular weight is 392 g/mol. The summed E-state index contributed by atoms with van der Waals surface area (Å²) in [4.78, 5) is 37.0. The molecule has 0 aliphatic carbocycles. The molecule has 1 heterocycles. The summed E-state index contributed by atoms with van der Waals surface area (Å²) >= 11 is 0. The van der Waals surface area contributed by atoms with Crippen molar-refractivity contribution in [3.05, 3.63) is 52.5 Å². The lowest BCUT2D eigenvalue weighted by molar-refractivity contribution is -0.885. The number of quaternary nitrogens is 1. The van der Waals surface area contributed by atoms with Crippen molar-refractivity contribution in [2.45, 2.75) is 20.4 Å². The van der Waals surface area contributed by atoms with Gasteiger partial charge in [0, 0.05) is 5.56 Å². The number of aryl methyl sites for hydroxylation is 1. The average Bonchev–Trinajstić information content (AvgIpc) is 2.93. The molecule has 0 saturated heterocycles. The van der Waals surface area contributed by atoms with Gasteiger partial charge in [0.25, 0.3) is 11.8 Å². The van der Waals surface area contributed by atoms with Gasteiger partial charge < -0.3 is 19.8 Å². The topological polar surface area (TPSA) is 116 Å². The molecule has 2 aromatic rings. The molecule has 0 spiro atoms. The van der Waals surface area contributed by atoms with Gasteiger partial charge in [-0.15, -0.1) is 0 Å². The Morgan fingerprint density at radius 2 is 1.86 bits per heavy atom. The van der Waals surface area contributed by atoms with Gasteiger partial charge in [-0.2, -0.15) is 0 Å². The highest BCUT2D eigenvalue weighted by molar-refractivity contribution is 6.10. The highest BCUT2D eigenvalue weighted by atomic mass is 19.1. The summed E-state index contributed by atoms with van der Waals surface area (Å²) in [5.74, 6) is -2.50. The molecule has 0 saturated carbocycles. The van der Waals surface area contributed by atoms with Crippen molar-refractivity contribution < 1.29 is 32.8 Å². The number of anilines is 1. The summed E-state index contributed by atoms with van der Waals surface area (Å²) in [6.45, 7) is 3.74. The van der Waals surface area contributed by atoms with Crippen LogP contribution in [0.4, 0.5) is 10.3 Å². The normalized spacial score (nSPS) is 11.7. The van der Waals surface area contributed by atoms with E-state index in [1.807, 2.05) is 0 Å². The van der Waals surface area contributed by atoms with Crippen LogP contribution in [0.1, 0.15) is 39.0 Å². The zero-order chi connectivity index (χ0) is 20.8. The minimum Gasteiger partial charge on any atom is -0.462 e. The number of likely N-dealkylation sites (N-methyl/N-ethyl adjacent to an activating group) is 1. The minimum absolute atomic E-state index is 0.0457. The summed E-state index contributed by atoms with van der Waals surface area (Å²) in [5, 5.41) is 2.48. The Labute approximate surface area is 161 Å². The number of esters is 1. The third-order valence-electron chi connectivity index (χ3n) is 3.94. The summed E-state index contributed by atoms with van der Waals surface area (Å²) in [6, 6.07) is 5.99. The van der Waals surface area contributed by atoms with Gasteiger partial charge >= 0.3 is 5.97 Å². The lowest BCUT2D eigenvalue weighted by atomic mass is 10.1. The predicted octanol–water partition coefficient (Wildman–Crippen LogP) is 0.656. The Hall–Kier alpha value is -3.20. The van der Waals surface area contributed by atoms with Gasteiger partial charge in [-0.3, -0.25) is 14.9 Å². The van der Waals surface area contributed by atoms with E-state index in [0.29, 0.717) is 6.54 Å². The summed E-state index contributed by atoms with van der Waals surface area (Å²) in [6.07, 6.45) is 0. The first-order chi connectivity index (χ1) is 13.2. The summed E-state index contributed by atoms with van der Waals surface area (Å²) < 4.78 is 23.2. The molecule has 0 bridgehead atoms. The minimum atomic E-state index is -0.915. The van der Waals surface area contributed by atoms with Crippen molar-refractivity contribution in [2.24, 2.45) is 5.73 Å². The monoisotopic (exact) mass is 392 g/mol. The van der Waals surface area contributed by atoms with Crippen LogP contribution in [0.5, 0.6) is 0 Å². The number of hydrogen-bond acceptors (Lipinski definition) is 5. The van der Waals surface area contributed by atoms with Crippen molar-refractivity contribution in [1.82, 2.24) is 0 Å². The second kappa shape index (κ2) is 9.14. The van der Waals surface area contributed by atoms with Crippen molar-refractivity contribution in [3.63, 3.8) is 0 Å². The second-order valence-corrected chi connectivity index (χ2v) is 6.31. The molecule has 4 N–H and O–H groups in total.